The Morgan fingerprint density at radius 2 is 1.79 bits per heavy atom. The lowest BCUT2D eigenvalue weighted by atomic mass is 9.85. The second-order valence-electron chi connectivity index (χ2n) is 3.73. The lowest BCUT2D eigenvalue weighted by Crippen LogP contribution is -2.31. The van der Waals surface area contributed by atoms with Gasteiger partial charge in [-0.1, -0.05) is 18.2 Å². The molecule has 3 heteroatoms. The Hall–Kier alpha value is -1.38. The van der Waals surface area contributed by atoms with Gasteiger partial charge in [0.25, 0.3) is 0 Å². The molecule has 1 aliphatic heterocycles. The lowest BCUT2D eigenvalue weighted by molar-refractivity contribution is -0.139. The van der Waals surface area contributed by atoms with Crippen LogP contribution in [-0.2, 0) is 9.59 Å². The number of imide groups is 1. The fraction of sp³-hybridized carbons (Fsp3) is 0.455. The van der Waals surface area contributed by atoms with Crippen molar-refractivity contribution in [2.24, 2.45) is 11.8 Å². The molecule has 0 aromatic heterocycles. The first-order valence-electron chi connectivity index (χ1n) is 4.87. The molecule has 0 aromatic rings. The second-order valence-corrected chi connectivity index (χ2v) is 3.73. The number of nitrogens with zero attached hydrogens (tertiary/aromatic N) is 1. The summed E-state index contributed by atoms with van der Waals surface area (Å²) in [6, 6.07) is 0. The van der Waals surface area contributed by atoms with Crippen molar-refractivity contribution in [2.75, 3.05) is 6.54 Å². The van der Waals surface area contributed by atoms with Crippen molar-refractivity contribution in [3.63, 3.8) is 0 Å². The van der Waals surface area contributed by atoms with E-state index >= 15 is 0 Å². The number of fused-ring (bicyclic) bond motifs is 1. The van der Waals surface area contributed by atoms with Crippen LogP contribution < -0.4 is 0 Å². The van der Waals surface area contributed by atoms with E-state index < -0.39 is 0 Å². The number of allylic oxidation sites excluding steroid dienone is 2. The van der Waals surface area contributed by atoms with E-state index in [1.54, 1.807) is 6.08 Å². The molecule has 2 amide bonds. The van der Waals surface area contributed by atoms with Gasteiger partial charge in [-0.2, -0.15) is 0 Å². The van der Waals surface area contributed by atoms with Crippen molar-refractivity contribution in [3.05, 3.63) is 24.8 Å². The predicted octanol–water partition coefficient (Wildman–Crippen LogP) is 1.12. The first kappa shape index (κ1) is 9.19. The molecule has 2 unspecified atom stereocenters. The molecular formula is C11H13NO2. The number of likely N-dealkylation sites (tertiary alicyclic amines) is 1. The van der Waals surface area contributed by atoms with E-state index in [0.29, 0.717) is 19.4 Å². The summed E-state index contributed by atoms with van der Waals surface area (Å²) in [6.07, 6.45) is 7.00. The summed E-state index contributed by atoms with van der Waals surface area (Å²) in [4.78, 5) is 24.9. The van der Waals surface area contributed by atoms with Crippen LogP contribution >= 0.6 is 0 Å². The molecule has 14 heavy (non-hydrogen) atoms. The third kappa shape index (κ3) is 1.20. The molecule has 0 saturated carbocycles. The van der Waals surface area contributed by atoms with Crippen molar-refractivity contribution in [3.8, 4) is 0 Å². The van der Waals surface area contributed by atoms with Crippen LogP contribution in [0.2, 0.25) is 0 Å². The third-order valence-electron chi connectivity index (χ3n) is 2.91. The molecule has 3 nitrogen and oxygen atoms in total. The number of hydrogen-bond donors (Lipinski definition) is 0. The normalized spacial score (nSPS) is 30.7. The summed E-state index contributed by atoms with van der Waals surface area (Å²) in [5, 5.41) is 0. The topological polar surface area (TPSA) is 37.4 Å². The van der Waals surface area contributed by atoms with Gasteiger partial charge in [0, 0.05) is 6.54 Å². The van der Waals surface area contributed by atoms with Crippen LogP contribution in [0.3, 0.4) is 0 Å². The quantitative estimate of drug-likeness (QED) is 0.484. The summed E-state index contributed by atoms with van der Waals surface area (Å²) in [6.45, 7) is 3.90. The first-order valence-corrected chi connectivity index (χ1v) is 4.87. The average Bonchev–Trinajstić information content (AvgIpc) is 2.45. The summed E-state index contributed by atoms with van der Waals surface area (Å²) in [5.74, 6) is -0.256. The van der Waals surface area contributed by atoms with Gasteiger partial charge in [-0.05, 0) is 12.8 Å². The van der Waals surface area contributed by atoms with Gasteiger partial charge in [0.05, 0.1) is 11.8 Å². The minimum atomic E-state index is -0.104. The van der Waals surface area contributed by atoms with Gasteiger partial charge in [-0.15, -0.1) is 6.58 Å². The fourth-order valence-electron chi connectivity index (χ4n) is 2.18. The van der Waals surface area contributed by atoms with E-state index in [1.807, 2.05) is 12.2 Å². The van der Waals surface area contributed by atoms with Crippen molar-refractivity contribution in [1.29, 1.82) is 0 Å². The Morgan fingerprint density at radius 3 is 2.21 bits per heavy atom. The predicted molar refractivity (Wildman–Crippen MR) is 52.3 cm³/mol. The highest BCUT2D eigenvalue weighted by atomic mass is 16.2. The van der Waals surface area contributed by atoms with Crippen LogP contribution in [-0.4, -0.2) is 23.3 Å². The van der Waals surface area contributed by atoms with E-state index in [2.05, 4.69) is 6.58 Å². The molecule has 0 bridgehead atoms. The molecule has 1 heterocycles. The van der Waals surface area contributed by atoms with E-state index in [4.69, 9.17) is 0 Å². The lowest BCUT2D eigenvalue weighted by Gasteiger charge is -2.14. The Balaban J connectivity index is 2.23. The molecule has 0 N–H and O–H groups in total. The van der Waals surface area contributed by atoms with Gasteiger partial charge < -0.3 is 0 Å². The highest BCUT2D eigenvalue weighted by Crippen LogP contribution is 2.34. The van der Waals surface area contributed by atoms with Crippen LogP contribution in [0.4, 0.5) is 0 Å². The van der Waals surface area contributed by atoms with E-state index in [-0.39, 0.29) is 23.7 Å². The van der Waals surface area contributed by atoms with E-state index in [0.717, 1.165) is 0 Å². The van der Waals surface area contributed by atoms with Gasteiger partial charge in [0.15, 0.2) is 0 Å². The highest BCUT2D eigenvalue weighted by Gasteiger charge is 2.46. The number of carbonyl (C=O) groups is 2. The Labute approximate surface area is 83.1 Å². The standard InChI is InChI=1S/C11H13NO2/c1-2-7-12-10(13)8-5-3-4-6-9(8)11(12)14/h2-4,8-9H,1,5-7H2. The zero-order valence-corrected chi connectivity index (χ0v) is 7.98. The molecule has 1 fully saturated rings. The fourth-order valence-corrected chi connectivity index (χ4v) is 2.18. The average molecular weight is 191 g/mol. The molecular weight excluding hydrogens is 178 g/mol. The number of hydrogen-bond acceptors (Lipinski definition) is 2. The van der Waals surface area contributed by atoms with Crippen molar-refractivity contribution < 1.29 is 9.59 Å². The molecule has 0 spiro atoms. The highest BCUT2D eigenvalue weighted by molar-refractivity contribution is 6.05. The third-order valence-corrected chi connectivity index (χ3v) is 2.91. The Kier molecular flexibility index (Phi) is 2.23. The monoisotopic (exact) mass is 191 g/mol. The zero-order chi connectivity index (χ0) is 10.1. The number of rotatable bonds is 2. The van der Waals surface area contributed by atoms with Gasteiger partial charge in [0.2, 0.25) is 11.8 Å². The van der Waals surface area contributed by atoms with Gasteiger partial charge in [0.1, 0.15) is 0 Å². The minimum Gasteiger partial charge on any atom is -0.278 e. The molecule has 0 aromatic carbocycles. The Morgan fingerprint density at radius 1 is 1.29 bits per heavy atom. The summed E-state index contributed by atoms with van der Waals surface area (Å²) >= 11 is 0. The first-order chi connectivity index (χ1) is 6.75. The summed E-state index contributed by atoms with van der Waals surface area (Å²) in [5.41, 5.74) is 0. The molecule has 1 saturated heterocycles. The summed E-state index contributed by atoms with van der Waals surface area (Å²) < 4.78 is 0. The molecule has 1 aliphatic carbocycles. The molecule has 74 valence electrons. The smallest absolute Gasteiger partial charge is 0.233 e. The molecule has 2 aliphatic rings. The Bertz CT molecular complexity index is 293. The minimum absolute atomic E-state index is 0.0238. The molecule has 0 radical (unpaired) electrons. The van der Waals surface area contributed by atoms with Crippen LogP contribution in [0.15, 0.2) is 24.8 Å². The second kappa shape index (κ2) is 3.40. The maximum Gasteiger partial charge on any atom is 0.233 e. The largest absolute Gasteiger partial charge is 0.278 e. The zero-order valence-electron chi connectivity index (χ0n) is 7.98. The SMILES string of the molecule is C=CCN1C(=O)C2CC=CCC2C1=O. The summed E-state index contributed by atoms with van der Waals surface area (Å²) in [7, 11) is 0. The van der Waals surface area contributed by atoms with Gasteiger partial charge in [-0.3, -0.25) is 14.5 Å². The van der Waals surface area contributed by atoms with E-state index in [9.17, 15) is 9.59 Å². The van der Waals surface area contributed by atoms with Crippen molar-refractivity contribution in [2.45, 2.75) is 12.8 Å². The van der Waals surface area contributed by atoms with Gasteiger partial charge in [-0.25, -0.2) is 0 Å². The van der Waals surface area contributed by atoms with E-state index in [1.165, 1.54) is 4.90 Å². The van der Waals surface area contributed by atoms with Crippen molar-refractivity contribution >= 4 is 11.8 Å². The maximum atomic E-state index is 11.8. The van der Waals surface area contributed by atoms with Crippen LogP contribution in [0.25, 0.3) is 0 Å². The molecule has 2 atom stereocenters. The van der Waals surface area contributed by atoms with Crippen LogP contribution in [0.5, 0.6) is 0 Å². The van der Waals surface area contributed by atoms with Crippen molar-refractivity contribution in [1.82, 2.24) is 4.90 Å². The number of amides is 2. The van der Waals surface area contributed by atoms with Gasteiger partial charge >= 0.3 is 0 Å². The maximum absolute atomic E-state index is 11.8. The number of carbonyl (C=O) groups excluding carboxylic acids is 2. The van der Waals surface area contributed by atoms with Crippen LogP contribution in [0.1, 0.15) is 12.8 Å². The molecule has 2 rings (SSSR count). The van der Waals surface area contributed by atoms with Crippen LogP contribution in [0, 0.1) is 11.8 Å².